The highest BCUT2D eigenvalue weighted by Crippen LogP contribution is 2.51. The Balaban J connectivity index is 0.912. The van der Waals surface area contributed by atoms with Gasteiger partial charge < -0.3 is 34.6 Å². The Labute approximate surface area is 327 Å². The van der Waals surface area contributed by atoms with Crippen molar-refractivity contribution in [3.63, 3.8) is 0 Å². The molecule has 4 atom stereocenters. The Kier molecular flexibility index (Phi) is 9.32. The van der Waals surface area contributed by atoms with Crippen LogP contribution in [0.3, 0.4) is 0 Å². The van der Waals surface area contributed by atoms with Crippen molar-refractivity contribution in [1.29, 1.82) is 0 Å². The molecule has 6 aliphatic rings. The van der Waals surface area contributed by atoms with Gasteiger partial charge in [-0.05, 0) is 107 Å². The minimum atomic E-state index is -4.65. The zero-order valence-electron chi connectivity index (χ0n) is 31.4. The maximum Gasteiger partial charge on any atom is 0.417 e. The van der Waals surface area contributed by atoms with Crippen molar-refractivity contribution in [2.45, 2.75) is 75.5 Å². The molecule has 7 nitrogen and oxygen atoms in total. The number of halogens is 6. The second-order valence-corrected chi connectivity index (χ2v) is 16.2. The molecule has 2 saturated heterocycles. The molecule has 6 heterocycles. The van der Waals surface area contributed by atoms with Gasteiger partial charge in [0.25, 0.3) is 0 Å². The number of nitrogens with one attached hydrogen (secondary N) is 2. The number of alkyl halides is 6. The van der Waals surface area contributed by atoms with Crippen LogP contribution in [0, 0.1) is 0 Å². The first-order valence-electron chi connectivity index (χ1n) is 20.0. The second kappa shape index (κ2) is 14.3. The van der Waals surface area contributed by atoms with Gasteiger partial charge in [-0.3, -0.25) is 0 Å². The molecule has 0 unspecified atom stereocenters. The van der Waals surface area contributed by atoms with Crippen LogP contribution in [-0.4, -0.2) is 64.6 Å². The topological polar surface area (TPSA) is 58.2 Å². The van der Waals surface area contributed by atoms with Gasteiger partial charge in [0.2, 0.25) is 0 Å². The van der Waals surface area contributed by atoms with Crippen molar-refractivity contribution in [3.8, 4) is 22.3 Å². The molecule has 4 aromatic carbocycles. The first-order chi connectivity index (χ1) is 27.5. The first kappa shape index (κ1) is 37.2. The first-order valence-corrected chi connectivity index (χ1v) is 20.0. The van der Waals surface area contributed by atoms with E-state index in [1.807, 2.05) is 24.3 Å². The quantitative estimate of drug-likeness (QED) is 0.191. The number of nitrogens with zero attached hydrogens (tertiary/aromatic N) is 2. The summed E-state index contributed by atoms with van der Waals surface area (Å²) in [4.78, 5) is 4.78. The molecule has 2 fully saturated rings. The Morgan fingerprint density at radius 1 is 0.614 bits per heavy atom. The molecule has 57 heavy (non-hydrogen) atoms. The summed E-state index contributed by atoms with van der Waals surface area (Å²) in [5, 5.41) is 6.92. The number of benzene rings is 4. The van der Waals surface area contributed by atoms with Gasteiger partial charge in [0.1, 0.15) is 0 Å². The fourth-order valence-corrected chi connectivity index (χ4v) is 10.5. The number of fused-ring (bicyclic) bond motifs is 6. The van der Waals surface area contributed by atoms with Crippen molar-refractivity contribution in [2.75, 3.05) is 62.3 Å². The second-order valence-electron chi connectivity index (χ2n) is 16.2. The van der Waals surface area contributed by atoms with Crippen LogP contribution in [-0.2, 0) is 53.0 Å². The zero-order chi connectivity index (χ0) is 39.1. The van der Waals surface area contributed by atoms with E-state index in [-0.39, 0.29) is 47.3 Å². The maximum atomic E-state index is 14.7. The highest BCUT2D eigenvalue weighted by molar-refractivity contribution is 5.79. The SMILES string of the molecule is FC(F)(F)c1cc(COCc2ccc(-c3cc4c5c(c3)[C@@H]3CNCC[C@@H]3N5CCOC4)c(C(F)(F)F)c2)ccc1-c1cc2c3c(c1)[C@@H]1CNCC[C@@H]1N3CCOC2. The number of ether oxygens (including phenoxy) is 3. The molecule has 0 amide bonds. The number of hydrogen-bond donors (Lipinski definition) is 2. The molecule has 0 radical (unpaired) electrons. The van der Waals surface area contributed by atoms with Crippen LogP contribution in [0.15, 0.2) is 60.7 Å². The summed E-state index contributed by atoms with van der Waals surface area (Å²) in [5.41, 5.74) is 6.24. The summed E-state index contributed by atoms with van der Waals surface area (Å²) >= 11 is 0. The Morgan fingerprint density at radius 2 is 1.07 bits per heavy atom. The van der Waals surface area contributed by atoms with Crippen molar-refractivity contribution in [1.82, 2.24) is 10.6 Å². The average Bonchev–Trinajstić information content (AvgIpc) is 3.45. The molecule has 0 spiro atoms. The average molecular weight is 791 g/mol. The largest absolute Gasteiger partial charge is 0.417 e. The van der Waals surface area contributed by atoms with Gasteiger partial charge in [-0.1, -0.05) is 24.3 Å². The van der Waals surface area contributed by atoms with Crippen molar-refractivity contribution < 1.29 is 40.6 Å². The standard InChI is InChI=1S/C44H44F6N4O3/c45-43(46,47)37-13-25(1-3-31(37)27-15-29-23-55-11-9-53-39-5-7-51-19-35(39)33(17-27)41(29)53)21-57-22-26-2-4-32(38(14-26)44(48,49)50)28-16-30-24-56-12-10-54-40-6-8-52-20-36(40)34(18-28)42(30)54/h1-4,13-18,35-36,39-40,51-52H,5-12,19-24H2/t35-,36-,39-,40-/m0/s1. The van der Waals surface area contributed by atoms with Crippen LogP contribution < -0.4 is 20.4 Å². The summed E-state index contributed by atoms with van der Waals surface area (Å²) in [7, 11) is 0. The van der Waals surface area contributed by atoms with E-state index < -0.39 is 23.5 Å². The van der Waals surface area contributed by atoms with E-state index in [9.17, 15) is 26.3 Å². The summed E-state index contributed by atoms with van der Waals surface area (Å²) in [6, 6.07) is 16.4. The lowest BCUT2D eigenvalue weighted by Gasteiger charge is -2.33. The molecule has 4 aromatic rings. The highest BCUT2D eigenvalue weighted by atomic mass is 19.4. The monoisotopic (exact) mass is 790 g/mol. The van der Waals surface area contributed by atoms with Crippen LogP contribution >= 0.6 is 0 Å². The lowest BCUT2D eigenvalue weighted by molar-refractivity contribution is -0.137. The van der Waals surface area contributed by atoms with E-state index in [0.717, 1.165) is 97.9 Å². The van der Waals surface area contributed by atoms with Gasteiger partial charge in [-0.25, -0.2) is 0 Å². The molecule has 0 aliphatic carbocycles. The van der Waals surface area contributed by atoms with Crippen molar-refractivity contribution in [3.05, 3.63) is 105 Å². The van der Waals surface area contributed by atoms with Gasteiger partial charge in [0.15, 0.2) is 0 Å². The Morgan fingerprint density at radius 3 is 1.51 bits per heavy atom. The van der Waals surface area contributed by atoms with E-state index in [0.29, 0.717) is 49.6 Å². The molecule has 0 bridgehead atoms. The van der Waals surface area contributed by atoms with Crippen LogP contribution in [0.5, 0.6) is 0 Å². The molecule has 10 rings (SSSR count). The Hall–Kier alpha value is -4.14. The highest BCUT2D eigenvalue weighted by Gasteiger charge is 2.44. The molecule has 2 N–H and O–H groups in total. The number of anilines is 2. The fraction of sp³-hybridized carbons (Fsp3) is 0.455. The minimum absolute atomic E-state index is 0.0737. The van der Waals surface area contributed by atoms with Crippen LogP contribution in [0.2, 0.25) is 0 Å². The van der Waals surface area contributed by atoms with Gasteiger partial charge >= 0.3 is 12.4 Å². The predicted octanol–water partition coefficient (Wildman–Crippen LogP) is 8.37. The predicted molar refractivity (Wildman–Crippen MR) is 204 cm³/mol. The van der Waals surface area contributed by atoms with E-state index in [1.54, 1.807) is 12.1 Å². The van der Waals surface area contributed by atoms with Crippen LogP contribution in [0.4, 0.5) is 37.7 Å². The third kappa shape index (κ3) is 6.59. The molecule has 6 aliphatic heterocycles. The van der Waals surface area contributed by atoms with Gasteiger partial charge in [-0.15, -0.1) is 0 Å². The van der Waals surface area contributed by atoms with E-state index in [2.05, 4.69) is 20.4 Å². The van der Waals surface area contributed by atoms with E-state index in [1.165, 1.54) is 12.1 Å². The third-order valence-corrected chi connectivity index (χ3v) is 12.9. The minimum Gasteiger partial charge on any atom is -0.375 e. The normalized spacial score (nSPS) is 24.0. The summed E-state index contributed by atoms with van der Waals surface area (Å²) < 4.78 is 106. The van der Waals surface area contributed by atoms with Crippen LogP contribution in [0.25, 0.3) is 22.3 Å². The van der Waals surface area contributed by atoms with Crippen LogP contribution in [0.1, 0.15) is 69.2 Å². The maximum absolute atomic E-state index is 14.7. The molecule has 300 valence electrons. The number of rotatable bonds is 6. The van der Waals surface area contributed by atoms with Gasteiger partial charge in [-0.2, -0.15) is 26.3 Å². The van der Waals surface area contributed by atoms with Crippen molar-refractivity contribution in [2.24, 2.45) is 0 Å². The molecule has 0 saturated carbocycles. The number of piperidine rings is 2. The lowest BCUT2D eigenvalue weighted by atomic mass is 9.87. The zero-order valence-corrected chi connectivity index (χ0v) is 31.4. The van der Waals surface area contributed by atoms with E-state index >= 15 is 0 Å². The molecular formula is C44H44F6N4O3. The fourth-order valence-electron chi connectivity index (χ4n) is 10.5. The lowest BCUT2D eigenvalue weighted by Crippen LogP contribution is -2.44. The van der Waals surface area contributed by atoms with E-state index in [4.69, 9.17) is 14.2 Å². The summed E-state index contributed by atoms with van der Waals surface area (Å²) in [6.07, 6.45) is -7.38. The molecule has 13 heteroatoms. The van der Waals surface area contributed by atoms with Gasteiger partial charge in [0.05, 0.1) is 50.8 Å². The summed E-state index contributed by atoms with van der Waals surface area (Å²) in [5.74, 6) is 0.375. The van der Waals surface area contributed by atoms with Gasteiger partial charge in [0, 0.05) is 72.6 Å². The summed E-state index contributed by atoms with van der Waals surface area (Å²) in [6.45, 7) is 6.25. The third-order valence-electron chi connectivity index (χ3n) is 12.9. The van der Waals surface area contributed by atoms with Crippen molar-refractivity contribution >= 4 is 11.4 Å². The number of hydrogen-bond acceptors (Lipinski definition) is 7. The molecule has 0 aromatic heterocycles. The molecular weight excluding hydrogens is 746 g/mol. The Bertz CT molecular complexity index is 2060. The smallest absolute Gasteiger partial charge is 0.375 e.